The van der Waals surface area contributed by atoms with Crippen molar-refractivity contribution in [3.8, 4) is 0 Å². The SMILES string of the molecule is CCCC(C)NC(=O)C(c1ccc(CC)cc1)N(C(=O)C(Cc1ccccc1)NC(=O)OC(C)(C)C)C(C)(C)C. The standard InChI is InChI=1S/C33H49N3O4/c1-10-15-23(3)34-29(37)28(26-20-18-24(11-2)19-21-26)36(32(4,5)6)30(38)27(22-25-16-13-12-14-17-25)35-31(39)40-33(7,8)9/h12-14,16-21,23,27-28H,10-11,15,22H2,1-9H3,(H,34,37)(H,35,39). The molecule has 7 heteroatoms. The molecule has 0 heterocycles. The highest BCUT2D eigenvalue weighted by Crippen LogP contribution is 2.31. The van der Waals surface area contributed by atoms with Crippen molar-refractivity contribution in [2.45, 2.75) is 117 Å². The molecule has 0 saturated carbocycles. The predicted octanol–water partition coefficient (Wildman–Crippen LogP) is 6.36. The number of carbonyl (C=O) groups excluding carboxylic acids is 3. The van der Waals surface area contributed by atoms with Gasteiger partial charge in [-0.05, 0) is 78.0 Å². The van der Waals surface area contributed by atoms with Crippen LogP contribution < -0.4 is 10.6 Å². The second-order valence-electron chi connectivity index (χ2n) is 12.5. The fourth-order valence-electron chi connectivity index (χ4n) is 4.69. The van der Waals surface area contributed by atoms with Crippen LogP contribution in [-0.4, -0.2) is 46.0 Å². The summed E-state index contributed by atoms with van der Waals surface area (Å²) >= 11 is 0. The van der Waals surface area contributed by atoms with Gasteiger partial charge in [0.1, 0.15) is 17.7 Å². The molecule has 0 saturated heterocycles. The Bertz CT molecular complexity index is 1100. The zero-order valence-corrected chi connectivity index (χ0v) is 25.8. The minimum Gasteiger partial charge on any atom is -0.444 e. The molecule has 220 valence electrons. The summed E-state index contributed by atoms with van der Waals surface area (Å²) in [6.07, 6.45) is 2.19. The summed E-state index contributed by atoms with van der Waals surface area (Å²) in [5.74, 6) is -0.603. The number of hydrogen-bond acceptors (Lipinski definition) is 4. The molecule has 0 aromatic heterocycles. The Hall–Kier alpha value is -3.35. The Morgan fingerprint density at radius 1 is 0.850 bits per heavy atom. The predicted molar refractivity (Wildman–Crippen MR) is 161 cm³/mol. The van der Waals surface area contributed by atoms with E-state index < -0.39 is 29.3 Å². The molecule has 3 unspecified atom stereocenters. The lowest BCUT2D eigenvalue weighted by molar-refractivity contribution is -0.148. The van der Waals surface area contributed by atoms with Gasteiger partial charge in [-0.25, -0.2) is 4.79 Å². The van der Waals surface area contributed by atoms with E-state index >= 15 is 0 Å². The molecule has 40 heavy (non-hydrogen) atoms. The minimum atomic E-state index is -0.949. The van der Waals surface area contributed by atoms with Crippen LogP contribution in [0.5, 0.6) is 0 Å². The van der Waals surface area contributed by atoms with Gasteiger partial charge in [-0.3, -0.25) is 9.59 Å². The molecule has 2 aromatic carbocycles. The quantitative estimate of drug-likeness (QED) is 0.340. The van der Waals surface area contributed by atoms with Gasteiger partial charge in [0.05, 0.1) is 0 Å². The third kappa shape index (κ3) is 10.00. The van der Waals surface area contributed by atoms with E-state index in [0.29, 0.717) is 0 Å². The highest BCUT2D eigenvalue weighted by atomic mass is 16.6. The van der Waals surface area contributed by atoms with E-state index in [-0.39, 0.29) is 24.3 Å². The first-order chi connectivity index (χ1) is 18.7. The first-order valence-corrected chi connectivity index (χ1v) is 14.4. The highest BCUT2D eigenvalue weighted by Gasteiger charge is 2.42. The van der Waals surface area contributed by atoms with Crippen molar-refractivity contribution in [1.82, 2.24) is 15.5 Å². The third-order valence-electron chi connectivity index (χ3n) is 6.55. The first kappa shape index (κ1) is 32.9. The number of aryl methyl sites for hydroxylation is 1. The van der Waals surface area contributed by atoms with E-state index in [4.69, 9.17) is 4.74 Å². The van der Waals surface area contributed by atoms with Gasteiger partial charge in [0.25, 0.3) is 0 Å². The van der Waals surface area contributed by atoms with Crippen LogP contribution in [0.15, 0.2) is 54.6 Å². The van der Waals surface area contributed by atoms with Gasteiger partial charge in [0.15, 0.2) is 0 Å². The van der Waals surface area contributed by atoms with Gasteiger partial charge in [0, 0.05) is 18.0 Å². The Morgan fingerprint density at radius 3 is 1.95 bits per heavy atom. The fourth-order valence-corrected chi connectivity index (χ4v) is 4.69. The molecule has 0 aliphatic heterocycles. The lowest BCUT2D eigenvalue weighted by Gasteiger charge is -2.43. The van der Waals surface area contributed by atoms with Crippen LogP contribution in [0.1, 0.15) is 97.9 Å². The molecule has 2 N–H and O–H groups in total. The summed E-state index contributed by atoms with van der Waals surface area (Å²) in [6.45, 7) is 17.2. The van der Waals surface area contributed by atoms with Gasteiger partial charge in [0.2, 0.25) is 11.8 Å². The topological polar surface area (TPSA) is 87.7 Å². The number of amides is 3. The molecule has 0 aliphatic carbocycles. The molecule has 0 spiro atoms. The average molecular weight is 552 g/mol. The Balaban J connectivity index is 2.60. The van der Waals surface area contributed by atoms with Crippen LogP contribution in [0.4, 0.5) is 4.79 Å². The average Bonchev–Trinajstić information content (AvgIpc) is 2.85. The van der Waals surface area contributed by atoms with Crippen molar-refractivity contribution in [2.75, 3.05) is 0 Å². The van der Waals surface area contributed by atoms with E-state index in [9.17, 15) is 14.4 Å². The van der Waals surface area contributed by atoms with Crippen molar-refractivity contribution in [3.63, 3.8) is 0 Å². The Labute approximate surface area is 241 Å². The Morgan fingerprint density at radius 2 is 1.45 bits per heavy atom. The number of nitrogens with one attached hydrogen (secondary N) is 2. The van der Waals surface area contributed by atoms with Gasteiger partial charge >= 0.3 is 6.09 Å². The van der Waals surface area contributed by atoms with Crippen molar-refractivity contribution < 1.29 is 19.1 Å². The third-order valence-corrected chi connectivity index (χ3v) is 6.55. The highest BCUT2D eigenvalue weighted by molar-refractivity contribution is 5.93. The van der Waals surface area contributed by atoms with E-state index in [2.05, 4.69) is 24.5 Å². The lowest BCUT2D eigenvalue weighted by atomic mass is 9.93. The van der Waals surface area contributed by atoms with Gasteiger partial charge < -0.3 is 20.3 Å². The number of alkyl carbamates (subject to hydrolysis) is 1. The fraction of sp³-hybridized carbons (Fsp3) is 0.545. The van der Waals surface area contributed by atoms with E-state index in [1.165, 1.54) is 0 Å². The Kier molecular flexibility index (Phi) is 11.8. The number of benzene rings is 2. The number of hydrogen-bond donors (Lipinski definition) is 2. The number of ether oxygens (including phenoxy) is 1. The monoisotopic (exact) mass is 551 g/mol. The van der Waals surface area contributed by atoms with E-state index in [1.54, 1.807) is 25.7 Å². The lowest BCUT2D eigenvalue weighted by Crippen LogP contribution is -2.59. The van der Waals surface area contributed by atoms with Crippen LogP contribution in [0, 0.1) is 0 Å². The summed E-state index contributed by atoms with van der Waals surface area (Å²) in [5, 5.41) is 5.95. The van der Waals surface area contributed by atoms with Crippen LogP contribution in [0.2, 0.25) is 0 Å². The minimum absolute atomic E-state index is 0.0492. The van der Waals surface area contributed by atoms with Crippen LogP contribution in [0.25, 0.3) is 0 Å². The normalized spacial score (nSPS) is 14.0. The second kappa shape index (κ2) is 14.3. The molecule has 0 radical (unpaired) electrons. The smallest absolute Gasteiger partial charge is 0.408 e. The maximum atomic E-state index is 14.5. The van der Waals surface area contributed by atoms with Gasteiger partial charge in [-0.15, -0.1) is 0 Å². The summed E-state index contributed by atoms with van der Waals surface area (Å²) in [6, 6.07) is 15.5. The molecule has 3 amide bonds. The summed E-state index contributed by atoms with van der Waals surface area (Å²) < 4.78 is 5.52. The van der Waals surface area contributed by atoms with E-state index in [0.717, 1.165) is 36.0 Å². The summed E-state index contributed by atoms with van der Waals surface area (Å²) in [7, 11) is 0. The zero-order valence-electron chi connectivity index (χ0n) is 25.8. The second-order valence-corrected chi connectivity index (χ2v) is 12.5. The maximum absolute atomic E-state index is 14.5. The molecule has 7 nitrogen and oxygen atoms in total. The molecule has 0 bridgehead atoms. The van der Waals surface area contributed by atoms with Gasteiger partial charge in [-0.2, -0.15) is 0 Å². The van der Waals surface area contributed by atoms with Crippen molar-refractivity contribution in [1.29, 1.82) is 0 Å². The number of rotatable bonds is 11. The van der Waals surface area contributed by atoms with Gasteiger partial charge in [-0.1, -0.05) is 74.9 Å². The molecule has 3 atom stereocenters. The van der Waals surface area contributed by atoms with Crippen LogP contribution in [0.3, 0.4) is 0 Å². The summed E-state index contributed by atoms with van der Waals surface area (Å²) in [5.41, 5.74) is 1.27. The molecule has 0 fully saturated rings. The van der Waals surface area contributed by atoms with Crippen LogP contribution in [-0.2, 0) is 27.2 Å². The summed E-state index contributed by atoms with van der Waals surface area (Å²) in [4.78, 5) is 43.0. The molecular weight excluding hydrogens is 502 g/mol. The number of carbonyl (C=O) groups is 3. The van der Waals surface area contributed by atoms with Crippen molar-refractivity contribution >= 4 is 17.9 Å². The number of nitrogens with zero attached hydrogens (tertiary/aromatic N) is 1. The largest absolute Gasteiger partial charge is 0.444 e. The molecule has 0 aliphatic rings. The molecule has 2 rings (SSSR count). The van der Waals surface area contributed by atoms with Crippen LogP contribution >= 0.6 is 0 Å². The molecular formula is C33H49N3O4. The van der Waals surface area contributed by atoms with Crippen molar-refractivity contribution in [3.05, 3.63) is 71.3 Å². The maximum Gasteiger partial charge on any atom is 0.408 e. The molecule has 2 aromatic rings. The van der Waals surface area contributed by atoms with Crippen molar-refractivity contribution in [2.24, 2.45) is 0 Å². The van der Waals surface area contributed by atoms with E-state index in [1.807, 2.05) is 82.3 Å². The zero-order chi connectivity index (χ0) is 30.1. The first-order valence-electron chi connectivity index (χ1n) is 14.4.